The van der Waals surface area contributed by atoms with Gasteiger partial charge in [-0.15, -0.1) is 0 Å². The van der Waals surface area contributed by atoms with Crippen LogP contribution in [0, 0.1) is 11.8 Å². The first kappa shape index (κ1) is 19.0. The van der Waals surface area contributed by atoms with Gasteiger partial charge in [0.1, 0.15) is 0 Å². The van der Waals surface area contributed by atoms with Gasteiger partial charge >= 0.3 is 0 Å². The Morgan fingerprint density at radius 3 is 1.52 bits per heavy atom. The smallest absolute Gasteiger partial charge is 0.268 e. The lowest BCUT2D eigenvalue weighted by Gasteiger charge is -2.46. The molecule has 2 saturated carbocycles. The van der Waals surface area contributed by atoms with Crippen LogP contribution in [0.5, 0.6) is 0 Å². The van der Waals surface area contributed by atoms with E-state index >= 15 is 0 Å². The Kier molecular flexibility index (Phi) is 4.87. The van der Waals surface area contributed by atoms with Crippen LogP contribution < -0.4 is 5.73 Å². The van der Waals surface area contributed by atoms with Gasteiger partial charge in [0.15, 0.2) is 0 Å². The standard InChI is InChI=1S/C10H19NO9S3/c11-8-3-6(21(12,13)14)1-5-2-7(22(15,16)17)4-9(10(5)8)23(18,19)20/h5-10H,1-4,11H2,(H,12,13,14)(H,15,16,17)(H,18,19,20). The van der Waals surface area contributed by atoms with Crippen LogP contribution in [-0.4, -0.2) is 60.7 Å². The van der Waals surface area contributed by atoms with E-state index in [9.17, 15) is 38.9 Å². The monoisotopic (exact) mass is 393 g/mol. The van der Waals surface area contributed by atoms with Gasteiger partial charge in [-0.1, -0.05) is 0 Å². The molecule has 0 saturated heterocycles. The van der Waals surface area contributed by atoms with Crippen molar-refractivity contribution in [2.24, 2.45) is 17.6 Å². The zero-order valence-corrected chi connectivity index (χ0v) is 14.3. The van der Waals surface area contributed by atoms with E-state index < -0.39 is 70.4 Å². The molecule has 0 aromatic rings. The molecular formula is C10H19NO9S3. The van der Waals surface area contributed by atoms with Crippen molar-refractivity contribution in [2.75, 3.05) is 0 Å². The molecule has 5 N–H and O–H groups in total. The maximum Gasteiger partial charge on any atom is 0.268 e. The molecule has 0 aliphatic heterocycles. The molecular weight excluding hydrogens is 374 g/mol. The van der Waals surface area contributed by atoms with Crippen molar-refractivity contribution < 1.29 is 38.9 Å². The second-order valence-corrected chi connectivity index (χ2v) is 11.3. The fraction of sp³-hybridized carbons (Fsp3) is 1.00. The van der Waals surface area contributed by atoms with Crippen molar-refractivity contribution in [3.8, 4) is 0 Å². The summed E-state index contributed by atoms with van der Waals surface area (Å²) >= 11 is 0. The van der Waals surface area contributed by atoms with Crippen LogP contribution in [0.15, 0.2) is 0 Å². The van der Waals surface area contributed by atoms with Crippen LogP contribution in [0.4, 0.5) is 0 Å². The largest absolute Gasteiger partial charge is 0.327 e. The molecule has 6 unspecified atom stereocenters. The summed E-state index contributed by atoms with van der Waals surface area (Å²) in [7, 11) is -13.6. The minimum atomic E-state index is -4.64. The normalized spacial score (nSPS) is 39.7. The second kappa shape index (κ2) is 5.89. The van der Waals surface area contributed by atoms with Gasteiger partial charge in [0.2, 0.25) is 0 Å². The predicted octanol–water partition coefficient (Wildman–Crippen LogP) is -1.10. The van der Waals surface area contributed by atoms with Crippen molar-refractivity contribution in [3.05, 3.63) is 0 Å². The van der Waals surface area contributed by atoms with Gasteiger partial charge in [0, 0.05) is 6.04 Å². The Labute approximate surface area is 134 Å². The minimum absolute atomic E-state index is 0.185. The first-order chi connectivity index (χ1) is 10.2. The number of hydrogen-bond donors (Lipinski definition) is 4. The molecule has 2 rings (SSSR count). The maximum absolute atomic E-state index is 11.6. The van der Waals surface area contributed by atoms with Crippen molar-refractivity contribution in [1.29, 1.82) is 0 Å². The lowest BCUT2D eigenvalue weighted by atomic mass is 9.68. The van der Waals surface area contributed by atoms with Gasteiger partial charge in [0.25, 0.3) is 30.4 Å². The van der Waals surface area contributed by atoms with Crippen molar-refractivity contribution >= 4 is 30.4 Å². The van der Waals surface area contributed by atoms with Crippen molar-refractivity contribution in [3.63, 3.8) is 0 Å². The summed E-state index contributed by atoms with van der Waals surface area (Å²) in [4.78, 5) is 0. The zero-order valence-electron chi connectivity index (χ0n) is 11.9. The molecule has 2 aliphatic carbocycles. The lowest BCUT2D eigenvalue weighted by molar-refractivity contribution is 0.145. The Balaban J connectivity index is 2.43. The molecule has 0 aromatic carbocycles. The van der Waals surface area contributed by atoms with Crippen molar-refractivity contribution in [1.82, 2.24) is 0 Å². The molecule has 13 heteroatoms. The average molecular weight is 393 g/mol. The average Bonchev–Trinajstić information content (AvgIpc) is 2.33. The molecule has 0 aromatic heterocycles. The molecule has 10 nitrogen and oxygen atoms in total. The molecule has 0 spiro atoms. The van der Waals surface area contributed by atoms with Crippen molar-refractivity contribution in [2.45, 2.75) is 47.5 Å². The molecule has 2 aliphatic rings. The Morgan fingerprint density at radius 2 is 1.13 bits per heavy atom. The van der Waals surface area contributed by atoms with Gasteiger partial charge in [-0.2, -0.15) is 25.3 Å². The van der Waals surface area contributed by atoms with Crippen LogP contribution >= 0.6 is 0 Å². The van der Waals surface area contributed by atoms with E-state index in [0.29, 0.717) is 0 Å². The fourth-order valence-electron chi connectivity index (χ4n) is 3.89. The van der Waals surface area contributed by atoms with Crippen LogP contribution in [-0.2, 0) is 30.4 Å². The third-order valence-electron chi connectivity index (χ3n) is 4.85. The van der Waals surface area contributed by atoms with E-state index in [1.165, 1.54) is 0 Å². The number of fused-ring (bicyclic) bond motifs is 1. The fourth-order valence-corrected chi connectivity index (χ4v) is 7.21. The van der Waals surface area contributed by atoms with E-state index in [1.807, 2.05) is 0 Å². The number of rotatable bonds is 3. The van der Waals surface area contributed by atoms with Crippen LogP contribution in [0.1, 0.15) is 25.7 Å². The summed E-state index contributed by atoms with van der Waals surface area (Å²) in [5, 5.41) is -4.19. The highest BCUT2D eigenvalue weighted by Crippen LogP contribution is 2.45. The highest BCUT2D eigenvalue weighted by Gasteiger charge is 2.53. The van der Waals surface area contributed by atoms with Gasteiger partial charge < -0.3 is 5.73 Å². The van der Waals surface area contributed by atoms with E-state index in [4.69, 9.17) is 5.73 Å². The molecule has 0 heterocycles. The third-order valence-corrected chi connectivity index (χ3v) is 8.58. The molecule has 2 fully saturated rings. The Hall–Kier alpha value is -0.310. The van der Waals surface area contributed by atoms with E-state index in [0.717, 1.165) is 0 Å². The molecule has 0 radical (unpaired) electrons. The minimum Gasteiger partial charge on any atom is -0.327 e. The van der Waals surface area contributed by atoms with E-state index in [1.54, 1.807) is 0 Å². The topological polar surface area (TPSA) is 189 Å². The number of nitrogens with two attached hydrogens (primary N) is 1. The van der Waals surface area contributed by atoms with Crippen LogP contribution in [0.2, 0.25) is 0 Å². The number of hydrogen-bond acceptors (Lipinski definition) is 7. The quantitative estimate of drug-likeness (QED) is 0.428. The highest BCUT2D eigenvalue weighted by atomic mass is 32.2. The van der Waals surface area contributed by atoms with Gasteiger partial charge in [-0.3, -0.25) is 13.7 Å². The third kappa shape index (κ3) is 4.03. The Morgan fingerprint density at radius 1 is 0.696 bits per heavy atom. The summed E-state index contributed by atoms with van der Waals surface area (Å²) in [6, 6.07) is -0.949. The zero-order chi connectivity index (χ0) is 17.8. The molecule has 0 bridgehead atoms. The van der Waals surface area contributed by atoms with Crippen LogP contribution in [0.3, 0.4) is 0 Å². The van der Waals surface area contributed by atoms with Crippen LogP contribution in [0.25, 0.3) is 0 Å². The van der Waals surface area contributed by atoms with E-state index in [-0.39, 0.29) is 19.3 Å². The molecule has 23 heavy (non-hydrogen) atoms. The summed E-state index contributed by atoms with van der Waals surface area (Å²) in [6.07, 6.45) is -1.07. The van der Waals surface area contributed by atoms with Gasteiger partial charge in [0.05, 0.1) is 15.7 Å². The van der Waals surface area contributed by atoms with Gasteiger partial charge in [-0.05, 0) is 37.5 Å². The summed E-state index contributed by atoms with van der Waals surface area (Å²) in [5.41, 5.74) is 5.85. The molecule has 6 atom stereocenters. The SMILES string of the molecule is NC1CC(S(=O)(=O)O)CC2CC(S(=O)(=O)O)CC(S(=O)(=O)O)C12. The van der Waals surface area contributed by atoms with E-state index in [2.05, 4.69) is 0 Å². The first-order valence-corrected chi connectivity index (χ1v) is 11.4. The predicted molar refractivity (Wildman–Crippen MR) is 79.4 cm³/mol. The summed E-state index contributed by atoms with van der Waals surface area (Å²) in [6.45, 7) is 0. The maximum atomic E-state index is 11.6. The first-order valence-electron chi connectivity index (χ1n) is 6.85. The molecule has 136 valence electrons. The molecule has 0 amide bonds. The van der Waals surface area contributed by atoms with Gasteiger partial charge in [-0.25, -0.2) is 0 Å². The lowest BCUT2D eigenvalue weighted by Crippen LogP contribution is -2.57. The highest BCUT2D eigenvalue weighted by molar-refractivity contribution is 7.87. The summed E-state index contributed by atoms with van der Waals surface area (Å²) in [5.74, 6) is -1.63. The second-order valence-electron chi connectivity index (χ2n) is 6.27. The Bertz CT molecular complexity index is 770. The summed E-state index contributed by atoms with van der Waals surface area (Å²) < 4.78 is 96.4.